The summed E-state index contributed by atoms with van der Waals surface area (Å²) < 4.78 is 6.65. The summed E-state index contributed by atoms with van der Waals surface area (Å²) in [5.74, 6) is 5.69. The van der Waals surface area contributed by atoms with Gasteiger partial charge in [-0.1, -0.05) is 5.92 Å². The SMILES string of the molecule is CC(=O)C1CCC(CC#Cc2nc(N)c3ncn(C4OC(C(=O)O)C(O)C4O)c3n2)CC1. The zero-order valence-electron chi connectivity index (χ0n) is 17.5. The predicted molar refractivity (Wildman–Crippen MR) is 111 cm³/mol. The fraction of sp³-hybridized carbons (Fsp3) is 0.571. The molecule has 0 spiro atoms. The molecule has 4 unspecified atom stereocenters. The first-order valence-corrected chi connectivity index (χ1v) is 10.5. The molecule has 11 nitrogen and oxygen atoms in total. The number of nitrogens with two attached hydrogens (primary N) is 1. The van der Waals surface area contributed by atoms with Gasteiger partial charge in [0, 0.05) is 12.3 Å². The molecule has 1 saturated heterocycles. The van der Waals surface area contributed by atoms with Crippen molar-refractivity contribution < 1.29 is 29.6 Å². The van der Waals surface area contributed by atoms with Crippen LogP contribution >= 0.6 is 0 Å². The number of rotatable bonds is 4. The molecule has 32 heavy (non-hydrogen) atoms. The van der Waals surface area contributed by atoms with Crippen molar-refractivity contribution in [3.63, 3.8) is 0 Å². The van der Waals surface area contributed by atoms with Crippen LogP contribution in [0.4, 0.5) is 5.82 Å². The number of anilines is 1. The molecule has 0 amide bonds. The highest BCUT2D eigenvalue weighted by Gasteiger charge is 2.48. The molecular weight excluding hydrogens is 418 g/mol. The second-order valence-corrected chi connectivity index (χ2v) is 8.36. The van der Waals surface area contributed by atoms with Gasteiger partial charge in [-0.2, -0.15) is 0 Å². The second kappa shape index (κ2) is 8.82. The van der Waals surface area contributed by atoms with E-state index in [0.717, 1.165) is 25.7 Å². The fourth-order valence-corrected chi connectivity index (χ4v) is 4.32. The van der Waals surface area contributed by atoms with Crippen LogP contribution in [-0.4, -0.2) is 64.9 Å². The first-order valence-electron chi connectivity index (χ1n) is 10.5. The summed E-state index contributed by atoms with van der Waals surface area (Å²) in [4.78, 5) is 35.4. The number of ether oxygens (including phenoxy) is 1. The average molecular weight is 443 g/mol. The zero-order chi connectivity index (χ0) is 23.0. The van der Waals surface area contributed by atoms with Crippen molar-refractivity contribution in [3.05, 3.63) is 12.2 Å². The number of carbonyl (C=O) groups excluding carboxylic acids is 1. The maximum absolute atomic E-state index is 11.5. The number of aliphatic hydroxyl groups is 2. The van der Waals surface area contributed by atoms with E-state index in [4.69, 9.17) is 15.6 Å². The lowest BCUT2D eigenvalue weighted by Gasteiger charge is -2.25. The zero-order valence-corrected chi connectivity index (χ0v) is 17.5. The van der Waals surface area contributed by atoms with Gasteiger partial charge in [0.2, 0.25) is 5.82 Å². The summed E-state index contributed by atoms with van der Waals surface area (Å²) in [5, 5.41) is 29.4. The molecule has 170 valence electrons. The molecule has 11 heteroatoms. The van der Waals surface area contributed by atoms with Crippen molar-refractivity contribution in [1.29, 1.82) is 0 Å². The Morgan fingerprint density at radius 2 is 1.94 bits per heavy atom. The smallest absolute Gasteiger partial charge is 0.335 e. The average Bonchev–Trinajstić information content (AvgIpc) is 3.30. The van der Waals surface area contributed by atoms with E-state index in [-0.39, 0.29) is 34.5 Å². The summed E-state index contributed by atoms with van der Waals surface area (Å²) in [6, 6.07) is 0. The maximum Gasteiger partial charge on any atom is 0.335 e. The molecule has 2 aromatic heterocycles. The number of aromatic nitrogens is 4. The number of nitrogens with zero attached hydrogens (tertiary/aromatic N) is 4. The summed E-state index contributed by atoms with van der Waals surface area (Å²) in [6.07, 6.45) is -0.239. The van der Waals surface area contributed by atoms with Crippen LogP contribution in [0.1, 0.15) is 51.1 Å². The Bertz CT molecular complexity index is 1100. The van der Waals surface area contributed by atoms with Crippen molar-refractivity contribution in [2.45, 2.75) is 63.6 Å². The number of ketones is 1. The molecule has 1 aliphatic heterocycles. The van der Waals surface area contributed by atoms with Crippen molar-refractivity contribution in [3.8, 4) is 11.8 Å². The Morgan fingerprint density at radius 1 is 1.22 bits per heavy atom. The first kappa shape index (κ1) is 22.1. The monoisotopic (exact) mass is 443 g/mol. The van der Waals surface area contributed by atoms with Gasteiger partial charge in [0.1, 0.15) is 23.5 Å². The van der Waals surface area contributed by atoms with Gasteiger partial charge in [0.05, 0.1) is 6.33 Å². The van der Waals surface area contributed by atoms with E-state index in [9.17, 15) is 19.8 Å². The number of Topliss-reactive ketones (excluding diaryl/α,β-unsaturated/α-hetero) is 1. The highest BCUT2D eigenvalue weighted by atomic mass is 16.6. The molecule has 2 aliphatic rings. The Balaban J connectivity index is 1.53. The molecule has 1 saturated carbocycles. The fourth-order valence-electron chi connectivity index (χ4n) is 4.32. The van der Waals surface area contributed by atoms with Gasteiger partial charge in [-0.15, -0.1) is 0 Å². The standard InChI is InChI=1S/C21H25N5O6/c1-10(27)12-7-5-11(6-8-12)3-2-4-13-24-18(22)14-19(25-13)26(9-23-14)20-16(29)15(28)17(32-20)21(30)31/h9,11-12,15-17,20,28-29H,3,5-8H2,1H3,(H,30,31)(H2,22,24,25). The first-order chi connectivity index (χ1) is 15.3. The molecular formula is C21H25N5O6. The predicted octanol–water partition coefficient (Wildman–Crippen LogP) is 0.249. The van der Waals surface area contributed by atoms with Crippen LogP contribution < -0.4 is 5.73 Å². The number of imidazole rings is 1. The summed E-state index contributed by atoms with van der Waals surface area (Å²) in [6.45, 7) is 1.64. The van der Waals surface area contributed by atoms with E-state index in [2.05, 4.69) is 26.8 Å². The van der Waals surface area contributed by atoms with Gasteiger partial charge in [-0.3, -0.25) is 9.36 Å². The van der Waals surface area contributed by atoms with E-state index in [1.807, 2.05) is 0 Å². The summed E-state index contributed by atoms with van der Waals surface area (Å²) >= 11 is 0. The molecule has 0 aromatic carbocycles. The Morgan fingerprint density at radius 3 is 2.56 bits per heavy atom. The van der Waals surface area contributed by atoms with Crippen LogP contribution in [0.5, 0.6) is 0 Å². The molecule has 2 aromatic rings. The molecule has 4 atom stereocenters. The quantitative estimate of drug-likeness (QED) is 0.480. The van der Waals surface area contributed by atoms with Crippen molar-refractivity contribution in [1.82, 2.24) is 19.5 Å². The van der Waals surface area contributed by atoms with Crippen molar-refractivity contribution >= 4 is 28.7 Å². The summed E-state index contributed by atoms with van der Waals surface area (Å²) in [5.41, 5.74) is 6.46. The van der Waals surface area contributed by atoms with Crippen LogP contribution in [0.15, 0.2) is 6.33 Å². The van der Waals surface area contributed by atoms with E-state index >= 15 is 0 Å². The molecule has 0 bridgehead atoms. The number of carboxylic acid groups (broad SMARTS) is 1. The third kappa shape index (κ3) is 4.17. The number of fused-ring (bicyclic) bond motifs is 1. The largest absolute Gasteiger partial charge is 0.479 e. The molecule has 1 aliphatic carbocycles. The van der Waals surface area contributed by atoms with Crippen LogP contribution in [0.3, 0.4) is 0 Å². The number of aliphatic hydroxyl groups excluding tert-OH is 2. The Hall–Kier alpha value is -3.07. The van der Waals surface area contributed by atoms with E-state index < -0.39 is 30.5 Å². The third-order valence-electron chi connectivity index (χ3n) is 6.22. The van der Waals surface area contributed by atoms with Gasteiger partial charge in [0.15, 0.2) is 23.8 Å². The number of nitrogen functional groups attached to an aromatic ring is 1. The van der Waals surface area contributed by atoms with Gasteiger partial charge < -0.3 is 25.8 Å². The van der Waals surface area contributed by atoms with E-state index in [1.54, 1.807) is 6.92 Å². The minimum absolute atomic E-state index is 0.0860. The highest BCUT2D eigenvalue weighted by molar-refractivity contribution is 5.82. The third-order valence-corrected chi connectivity index (χ3v) is 6.22. The molecule has 3 heterocycles. The molecule has 4 rings (SSSR count). The van der Waals surface area contributed by atoms with Crippen LogP contribution in [-0.2, 0) is 14.3 Å². The van der Waals surface area contributed by atoms with Gasteiger partial charge >= 0.3 is 5.97 Å². The Kier molecular flexibility index (Phi) is 6.10. The van der Waals surface area contributed by atoms with Crippen LogP contribution in [0.25, 0.3) is 11.2 Å². The normalized spacial score (nSPS) is 30.1. The number of hydrogen-bond acceptors (Lipinski definition) is 9. The molecule has 2 fully saturated rings. The van der Waals surface area contributed by atoms with Crippen LogP contribution in [0.2, 0.25) is 0 Å². The number of aliphatic carboxylic acids is 1. The topological polar surface area (TPSA) is 174 Å². The maximum atomic E-state index is 11.5. The lowest BCUT2D eigenvalue weighted by Crippen LogP contribution is -2.35. The second-order valence-electron chi connectivity index (χ2n) is 8.36. The van der Waals surface area contributed by atoms with Gasteiger partial charge in [-0.25, -0.2) is 19.7 Å². The lowest BCUT2D eigenvalue weighted by atomic mass is 9.79. The van der Waals surface area contributed by atoms with E-state index in [1.165, 1.54) is 10.9 Å². The summed E-state index contributed by atoms with van der Waals surface area (Å²) in [7, 11) is 0. The Labute approximate surface area is 183 Å². The molecule has 0 radical (unpaired) electrons. The highest BCUT2D eigenvalue weighted by Crippen LogP contribution is 2.33. The number of hydrogen-bond donors (Lipinski definition) is 4. The number of carbonyl (C=O) groups is 2. The van der Waals surface area contributed by atoms with Crippen molar-refractivity contribution in [2.24, 2.45) is 11.8 Å². The minimum Gasteiger partial charge on any atom is -0.479 e. The van der Waals surface area contributed by atoms with Crippen molar-refractivity contribution in [2.75, 3.05) is 5.73 Å². The van der Waals surface area contributed by atoms with E-state index in [0.29, 0.717) is 12.3 Å². The van der Waals surface area contributed by atoms with Crippen LogP contribution in [0, 0.1) is 23.7 Å². The number of carboxylic acids is 1. The lowest BCUT2D eigenvalue weighted by molar-refractivity contribution is -0.155. The molecule has 5 N–H and O–H groups in total. The van der Waals surface area contributed by atoms with Gasteiger partial charge in [-0.05, 0) is 44.4 Å². The van der Waals surface area contributed by atoms with Gasteiger partial charge in [0.25, 0.3) is 0 Å². The minimum atomic E-state index is -1.61.